The van der Waals surface area contributed by atoms with Crippen molar-refractivity contribution in [2.75, 3.05) is 75.1 Å². The Balaban J connectivity index is 5.29. The van der Waals surface area contributed by atoms with Crippen LogP contribution in [0.3, 0.4) is 0 Å². The predicted octanol–water partition coefficient (Wildman–Crippen LogP) is 3.36. The van der Waals surface area contributed by atoms with Crippen LogP contribution in [-0.4, -0.2) is 98.4 Å². The van der Waals surface area contributed by atoms with Crippen molar-refractivity contribution in [1.29, 1.82) is 0 Å². The molecule has 0 aromatic rings. The van der Waals surface area contributed by atoms with Crippen LogP contribution in [0.15, 0.2) is 0 Å². The number of hydrogen-bond donors (Lipinski definition) is 0. The zero-order valence-corrected chi connectivity index (χ0v) is 20.2. The largest absolute Gasteiger partial charge is 0.395 e. The summed E-state index contributed by atoms with van der Waals surface area (Å²) in [6, 6.07) is 1.09. The van der Waals surface area contributed by atoms with Crippen LogP contribution in [0, 0.1) is 5.41 Å². The van der Waals surface area contributed by atoms with E-state index in [-0.39, 0.29) is 0 Å². The van der Waals surface area contributed by atoms with E-state index in [9.17, 15) is 0 Å². The van der Waals surface area contributed by atoms with Crippen LogP contribution < -0.4 is 0 Å². The first kappa shape index (κ1) is 26.0. The standard InChI is InChI=1S/C20H47N3O2Si/c1-10-24-26(9,25-11-2)19-15-20(12-16-21(3)4,13-17-22(5)6)14-18-23(7)8/h10-19H2,1-9H3. The van der Waals surface area contributed by atoms with Crippen LogP contribution in [0.5, 0.6) is 0 Å². The lowest BCUT2D eigenvalue weighted by atomic mass is 9.75. The molecule has 0 heterocycles. The molecular weight excluding hydrogens is 342 g/mol. The smallest absolute Gasteiger partial charge is 0.334 e. The van der Waals surface area contributed by atoms with Gasteiger partial charge in [-0.2, -0.15) is 0 Å². The number of rotatable bonds is 16. The third-order valence-electron chi connectivity index (χ3n) is 5.28. The minimum atomic E-state index is -2.07. The summed E-state index contributed by atoms with van der Waals surface area (Å²) < 4.78 is 12.3. The molecule has 0 aliphatic carbocycles. The van der Waals surface area contributed by atoms with Gasteiger partial charge in [-0.15, -0.1) is 0 Å². The van der Waals surface area contributed by atoms with Crippen molar-refractivity contribution in [1.82, 2.24) is 14.7 Å². The summed E-state index contributed by atoms with van der Waals surface area (Å²) in [5, 5.41) is 0. The normalized spacial score (nSPS) is 13.4. The molecule has 0 spiro atoms. The Hall–Kier alpha value is 0.0169. The van der Waals surface area contributed by atoms with Crippen molar-refractivity contribution in [2.45, 2.75) is 52.1 Å². The van der Waals surface area contributed by atoms with Gasteiger partial charge in [-0.25, -0.2) is 0 Å². The minimum Gasteiger partial charge on any atom is -0.395 e. The van der Waals surface area contributed by atoms with Gasteiger partial charge in [-0.05, 0) is 119 Å². The average molecular weight is 390 g/mol. The second-order valence-electron chi connectivity index (χ2n) is 8.66. The fourth-order valence-electron chi connectivity index (χ4n) is 3.42. The monoisotopic (exact) mass is 389 g/mol. The first-order valence-electron chi connectivity index (χ1n) is 10.3. The van der Waals surface area contributed by atoms with E-state index >= 15 is 0 Å². The second kappa shape index (κ2) is 13.2. The molecule has 0 rings (SSSR count). The molecule has 0 radical (unpaired) electrons. The van der Waals surface area contributed by atoms with E-state index in [0.29, 0.717) is 5.41 Å². The van der Waals surface area contributed by atoms with Crippen LogP contribution in [0.2, 0.25) is 12.6 Å². The Morgan fingerprint density at radius 2 is 1.00 bits per heavy atom. The van der Waals surface area contributed by atoms with E-state index in [1.807, 2.05) is 0 Å². The van der Waals surface area contributed by atoms with Crippen molar-refractivity contribution in [2.24, 2.45) is 5.41 Å². The van der Waals surface area contributed by atoms with Crippen molar-refractivity contribution in [3.8, 4) is 0 Å². The van der Waals surface area contributed by atoms with Crippen molar-refractivity contribution in [3.63, 3.8) is 0 Å². The summed E-state index contributed by atoms with van der Waals surface area (Å²) >= 11 is 0. The average Bonchev–Trinajstić information content (AvgIpc) is 2.53. The van der Waals surface area contributed by atoms with E-state index in [2.05, 4.69) is 77.4 Å². The van der Waals surface area contributed by atoms with Gasteiger partial charge in [0.1, 0.15) is 0 Å². The van der Waals surface area contributed by atoms with E-state index in [0.717, 1.165) is 38.9 Å². The molecule has 0 amide bonds. The van der Waals surface area contributed by atoms with Crippen molar-refractivity contribution >= 4 is 8.56 Å². The van der Waals surface area contributed by atoms with Crippen molar-refractivity contribution < 1.29 is 8.85 Å². The molecular formula is C20H47N3O2Si. The first-order valence-corrected chi connectivity index (χ1v) is 12.8. The Labute approximate surface area is 165 Å². The summed E-state index contributed by atoms with van der Waals surface area (Å²) in [5.74, 6) is 0. The maximum absolute atomic E-state index is 6.13. The van der Waals surface area contributed by atoms with E-state index in [1.165, 1.54) is 25.7 Å². The Bertz CT molecular complexity index is 315. The Kier molecular flexibility index (Phi) is 13.2. The molecule has 0 saturated heterocycles. The molecule has 0 aliphatic rings. The second-order valence-corrected chi connectivity index (χ2v) is 12.0. The van der Waals surface area contributed by atoms with E-state index in [1.54, 1.807) is 0 Å². The van der Waals surface area contributed by atoms with Crippen LogP contribution >= 0.6 is 0 Å². The molecule has 0 bridgehead atoms. The van der Waals surface area contributed by atoms with Crippen LogP contribution in [-0.2, 0) is 8.85 Å². The molecule has 26 heavy (non-hydrogen) atoms. The fraction of sp³-hybridized carbons (Fsp3) is 1.00. The highest BCUT2D eigenvalue weighted by Gasteiger charge is 2.37. The summed E-state index contributed by atoms with van der Waals surface area (Å²) in [5.41, 5.74) is 0.348. The fourth-order valence-corrected chi connectivity index (χ4v) is 6.00. The SMILES string of the molecule is CCO[Si](C)(CCC(CCN(C)C)(CCN(C)C)CCN(C)C)OCC. The molecule has 0 unspecified atom stereocenters. The first-order chi connectivity index (χ1) is 12.1. The summed E-state index contributed by atoms with van der Waals surface area (Å²) in [6.07, 6.45) is 4.92. The molecule has 5 nitrogen and oxygen atoms in total. The molecule has 158 valence electrons. The lowest BCUT2D eigenvalue weighted by molar-refractivity contribution is 0.136. The van der Waals surface area contributed by atoms with Crippen LogP contribution in [0.25, 0.3) is 0 Å². The highest BCUT2D eigenvalue weighted by molar-refractivity contribution is 6.66. The zero-order valence-electron chi connectivity index (χ0n) is 19.2. The van der Waals surface area contributed by atoms with Gasteiger partial charge >= 0.3 is 8.56 Å². The van der Waals surface area contributed by atoms with Gasteiger partial charge in [0.2, 0.25) is 0 Å². The van der Waals surface area contributed by atoms with Gasteiger partial charge in [0.05, 0.1) is 0 Å². The molecule has 0 atom stereocenters. The lowest BCUT2D eigenvalue weighted by Crippen LogP contribution is -2.41. The summed E-state index contributed by atoms with van der Waals surface area (Å²) in [4.78, 5) is 6.96. The van der Waals surface area contributed by atoms with Gasteiger partial charge in [-0.1, -0.05) is 0 Å². The van der Waals surface area contributed by atoms with Gasteiger partial charge in [0.25, 0.3) is 0 Å². The Morgan fingerprint density at radius 1 is 0.654 bits per heavy atom. The molecule has 0 saturated carbocycles. The molecule has 0 aliphatic heterocycles. The Morgan fingerprint density at radius 3 is 1.27 bits per heavy atom. The number of nitrogens with zero attached hydrogens (tertiary/aromatic N) is 3. The van der Waals surface area contributed by atoms with E-state index in [4.69, 9.17) is 8.85 Å². The van der Waals surface area contributed by atoms with Gasteiger partial charge in [0.15, 0.2) is 0 Å². The maximum Gasteiger partial charge on any atom is 0.334 e. The lowest BCUT2D eigenvalue weighted by Gasteiger charge is -2.39. The summed E-state index contributed by atoms with van der Waals surface area (Å²) in [6.45, 7) is 11.3. The van der Waals surface area contributed by atoms with Gasteiger partial charge in [-0.3, -0.25) is 0 Å². The molecule has 0 N–H and O–H groups in total. The topological polar surface area (TPSA) is 28.2 Å². The van der Waals surface area contributed by atoms with Gasteiger partial charge < -0.3 is 23.6 Å². The third kappa shape index (κ3) is 11.7. The van der Waals surface area contributed by atoms with Crippen LogP contribution in [0.1, 0.15) is 39.5 Å². The highest BCUT2D eigenvalue weighted by atomic mass is 28.4. The van der Waals surface area contributed by atoms with E-state index < -0.39 is 8.56 Å². The molecule has 0 aromatic carbocycles. The highest BCUT2D eigenvalue weighted by Crippen LogP contribution is 2.39. The maximum atomic E-state index is 6.13. The minimum absolute atomic E-state index is 0.348. The van der Waals surface area contributed by atoms with Gasteiger partial charge in [0, 0.05) is 13.2 Å². The third-order valence-corrected chi connectivity index (χ3v) is 8.23. The predicted molar refractivity (Wildman–Crippen MR) is 116 cm³/mol. The summed E-state index contributed by atoms with van der Waals surface area (Å²) in [7, 11) is 11.0. The zero-order chi connectivity index (χ0) is 20.2. The van der Waals surface area contributed by atoms with Crippen LogP contribution in [0.4, 0.5) is 0 Å². The quantitative estimate of drug-likeness (QED) is 0.377. The van der Waals surface area contributed by atoms with Crippen molar-refractivity contribution in [3.05, 3.63) is 0 Å². The molecule has 6 heteroatoms. The molecule has 0 fully saturated rings. The molecule has 0 aromatic heterocycles. The number of hydrogen-bond acceptors (Lipinski definition) is 5.